The minimum absolute atomic E-state index is 0.211. The van der Waals surface area contributed by atoms with E-state index in [0.717, 1.165) is 0 Å². The van der Waals surface area contributed by atoms with E-state index >= 15 is 0 Å². The van der Waals surface area contributed by atoms with E-state index in [2.05, 4.69) is 0 Å². The predicted molar refractivity (Wildman–Crippen MR) is 59.7 cm³/mol. The topological polar surface area (TPSA) is 74.7 Å². The van der Waals surface area contributed by atoms with Crippen molar-refractivity contribution in [3.05, 3.63) is 35.4 Å². The van der Waals surface area contributed by atoms with Crippen LogP contribution in [0.1, 0.15) is 15.9 Å². The second kappa shape index (κ2) is 4.63. The molecule has 0 aliphatic rings. The van der Waals surface area contributed by atoms with E-state index in [1.165, 1.54) is 11.0 Å². The highest BCUT2D eigenvalue weighted by molar-refractivity contribution is 7.85. The minimum atomic E-state index is -4.06. The van der Waals surface area contributed by atoms with Crippen LogP contribution in [0.4, 0.5) is 0 Å². The van der Waals surface area contributed by atoms with E-state index in [9.17, 15) is 13.2 Å². The third-order valence-corrected chi connectivity index (χ3v) is 2.63. The SMILES string of the molecule is CN(C)C(=O)c1cccc(CS(=O)(=O)O)c1. The highest BCUT2D eigenvalue weighted by Crippen LogP contribution is 2.09. The zero-order valence-electron chi connectivity index (χ0n) is 9.04. The summed E-state index contributed by atoms with van der Waals surface area (Å²) in [6.07, 6.45) is 0. The van der Waals surface area contributed by atoms with Crippen LogP contribution < -0.4 is 0 Å². The fourth-order valence-corrected chi connectivity index (χ4v) is 1.86. The van der Waals surface area contributed by atoms with Gasteiger partial charge in [0.05, 0.1) is 0 Å². The van der Waals surface area contributed by atoms with Gasteiger partial charge in [0, 0.05) is 19.7 Å². The first kappa shape index (κ1) is 12.7. The van der Waals surface area contributed by atoms with Crippen molar-refractivity contribution in [2.75, 3.05) is 14.1 Å². The molecule has 0 spiro atoms. The lowest BCUT2D eigenvalue weighted by molar-refractivity contribution is 0.0827. The molecular formula is C10H13NO4S. The zero-order valence-corrected chi connectivity index (χ0v) is 9.86. The molecule has 0 bridgehead atoms. The van der Waals surface area contributed by atoms with Gasteiger partial charge in [-0.3, -0.25) is 9.35 Å². The normalized spacial score (nSPS) is 11.2. The second-order valence-electron chi connectivity index (χ2n) is 3.63. The monoisotopic (exact) mass is 243 g/mol. The fraction of sp³-hybridized carbons (Fsp3) is 0.300. The van der Waals surface area contributed by atoms with Gasteiger partial charge >= 0.3 is 0 Å². The van der Waals surface area contributed by atoms with Crippen molar-refractivity contribution in [1.29, 1.82) is 0 Å². The zero-order chi connectivity index (χ0) is 12.3. The van der Waals surface area contributed by atoms with E-state index in [4.69, 9.17) is 4.55 Å². The van der Waals surface area contributed by atoms with Crippen LogP contribution in [0.5, 0.6) is 0 Å². The van der Waals surface area contributed by atoms with Crippen LogP contribution in [0.25, 0.3) is 0 Å². The number of nitrogens with zero attached hydrogens (tertiary/aromatic N) is 1. The molecule has 1 aromatic carbocycles. The molecule has 0 atom stereocenters. The smallest absolute Gasteiger partial charge is 0.269 e. The molecule has 1 N–H and O–H groups in total. The minimum Gasteiger partial charge on any atom is -0.345 e. The Bertz CT molecular complexity index is 493. The molecule has 0 saturated heterocycles. The lowest BCUT2D eigenvalue weighted by atomic mass is 10.1. The lowest BCUT2D eigenvalue weighted by Crippen LogP contribution is -2.21. The number of rotatable bonds is 3. The summed E-state index contributed by atoms with van der Waals surface area (Å²) in [6.45, 7) is 0. The Balaban J connectivity index is 3.00. The number of benzene rings is 1. The van der Waals surface area contributed by atoms with Crippen LogP contribution in [-0.2, 0) is 15.9 Å². The van der Waals surface area contributed by atoms with E-state index in [1.807, 2.05) is 0 Å². The second-order valence-corrected chi connectivity index (χ2v) is 5.08. The number of carbonyl (C=O) groups is 1. The average molecular weight is 243 g/mol. The van der Waals surface area contributed by atoms with Crippen molar-refractivity contribution in [1.82, 2.24) is 4.90 Å². The molecule has 88 valence electrons. The molecule has 1 aromatic rings. The van der Waals surface area contributed by atoms with E-state index in [-0.39, 0.29) is 5.91 Å². The molecule has 16 heavy (non-hydrogen) atoms. The van der Waals surface area contributed by atoms with E-state index in [0.29, 0.717) is 11.1 Å². The lowest BCUT2D eigenvalue weighted by Gasteiger charge is -2.10. The Labute approximate surface area is 94.4 Å². The first-order valence-electron chi connectivity index (χ1n) is 4.55. The van der Waals surface area contributed by atoms with Crippen molar-refractivity contribution in [3.63, 3.8) is 0 Å². The summed E-state index contributed by atoms with van der Waals surface area (Å²) in [6, 6.07) is 6.17. The van der Waals surface area contributed by atoms with Gasteiger partial charge in [0.1, 0.15) is 5.75 Å². The van der Waals surface area contributed by atoms with Crippen molar-refractivity contribution in [3.8, 4) is 0 Å². The summed E-state index contributed by atoms with van der Waals surface area (Å²) in [5.74, 6) is -0.696. The summed E-state index contributed by atoms with van der Waals surface area (Å²) in [4.78, 5) is 13.0. The molecule has 0 aromatic heterocycles. The highest BCUT2D eigenvalue weighted by atomic mass is 32.2. The Morgan fingerprint density at radius 2 is 2.00 bits per heavy atom. The molecule has 0 heterocycles. The van der Waals surface area contributed by atoms with Gasteiger partial charge in [-0.05, 0) is 17.7 Å². The summed E-state index contributed by atoms with van der Waals surface area (Å²) in [5, 5.41) is 0. The number of hydrogen-bond acceptors (Lipinski definition) is 3. The molecule has 0 aliphatic carbocycles. The molecule has 0 unspecified atom stereocenters. The van der Waals surface area contributed by atoms with E-state index < -0.39 is 15.9 Å². The maximum absolute atomic E-state index is 11.6. The van der Waals surface area contributed by atoms with Crippen LogP contribution in [0.3, 0.4) is 0 Å². The Morgan fingerprint density at radius 1 is 1.38 bits per heavy atom. The van der Waals surface area contributed by atoms with Crippen LogP contribution in [-0.4, -0.2) is 37.9 Å². The Morgan fingerprint density at radius 3 is 2.50 bits per heavy atom. The van der Waals surface area contributed by atoms with Gasteiger partial charge in [-0.25, -0.2) is 0 Å². The Hall–Kier alpha value is -1.40. The largest absolute Gasteiger partial charge is 0.345 e. The molecule has 0 saturated carbocycles. The number of amides is 1. The molecule has 0 fully saturated rings. The number of hydrogen-bond donors (Lipinski definition) is 1. The Kier molecular flexibility index (Phi) is 3.66. The quantitative estimate of drug-likeness (QED) is 0.796. The first-order valence-corrected chi connectivity index (χ1v) is 6.16. The molecule has 1 amide bonds. The summed E-state index contributed by atoms with van der Waals surface area (Å²) in [7, 11) is -0.847. The maximum atomic E-state index is 11.6. The molecule has 0 radical (unpaired) electrons. The summed E-state index contributed by atoms with van der Waals surface area (Å²) >= 11 is 0. The average Bonchev–Trinajstić information content (AvgIpc) is 2.14. The van der Waals surface area contributed by atoms with Crippen molar-refractivity contribution in [2.24, 2.45) is 0 Å². The summed E-state index contributed by atoms with van der Waals surface area (Å²) in [5.41, 5.74) is 0.779. The van der Waals surface area contributed by atoms with Gasteiger partial charge in [0.15, 0.2) is 0 Å². The van der Waals surface area contributed by atoms with E-state index in [1.54, 1.807) is 32.3 Å². The van der Waals surface area contributed by atoms with Crippen LogP contribution in [0.2, 0.25) is 0 Å². The van der Waals surface area contributed by atoms with Crippen LogP contribution >= 0.6 is 0 Å². The maximum Gasteiger partial charge on any atom is 0.269 e. The molecule has 1 rings (SSSR count). The van der Waals surface area contributed by atoms with Gasteiger partial charge in [0.25, 0.3) is 16.0 Å². The third-order valence-electron chi connectivity index (χ3n) is 1.93. The van der Waals surface area contributed by atoms with Gasteiger partial charge in [-0.15, -0.1) is 0 Å². The standard InChI is InChI=1S/C10H13NO4S/c1-11(2)10(12)9-5-3-4-8(6-9)7-16(13,14)15/h3-6H,7H2,1-2H3,(H,13,14,15). The molecule has 6 heteroatoms. The van der Waals surface area contributed by atoms with Crippen LogP contribution in [0.15, 0.2) is 24.3 Å². The van der Waals surface area contributed by atoms with Gasteiger partial charge < -0.3 is 4.90 Å². The third kappa shape index (κ3) is 3.63. The predicted octanol–water partition coefficient (Wildman–Crippen LogP) is 0.776. The van der Waals surface area contributed by atoms with Gasteiger partial charge in [-0.1, -0.05) is 12.1 Å². The van der Waals surface area contributed by atoms with Crippen molar-refractivity contribution < 1.29 is 17.8 Å². The van der Waals surface area contributed by atoms with Crippen molar-refractivity contribution >= 4 is 16.0 Å². The summed E-state index contributed by atoms with van der Waals surface area (Å²) < 4.78 is 30.0. The molecule has 5 nitrogen and oxygen atoms in total. The molecular weight excluding hydrogens is 230 g/mol. The van der Waals surface area contributed by atoms with Gasteiger partial charge in [0.2, 0.25) is 0 Å². The van der Waals surface area contributed by atoms with Gasteiger partial charge in [-0.2, -0.15) is 8.42 Å². The number of carbonyl (C=O) groups excluding carboxylic acids is 1. The molecule has 0 aliphatic heterocycles. The first-order chi connectivity index (χ1) is 7.29. The fourth-order valence-electron chi connectivity index (χ4n) is 1.26. The highest BCUT2D eigenvalue weighted by Gasteiger charge is 2.11. The van der Waals surface area contributed by atoms with Crippen molar-refractivity contribution in [2.45, 2.75) is 5.75 Å². The van der Waals surface area contributed by atoms with Crippen LogP contribution in [0, 0.1) is 0 Å².